The Morgan fingerprint density at radius 3 is 2.28 bits per heavy atom. The highest BCUT2D eigenvalue weighted by molar-refractivity contribution is 5.92. The van der Waals surface area contributed by atoms with Crippen molar-refractivity contribution in [2.24, 2.45) is 0 Å². The number of benzene rings is 2. The van der Waals surface area contributed by atoms with Gasteiger partial charge in [0.15, 0.2) is 0 Å². The van der Waals surface area contributed by atoms with Crippen molar-refractivity contribution in [3.63, 3.8) is 0 Å². The fraction of sp³-hybridized carbons (Fsp3) is 0.200. The van der Waals surface area contributed by atoms with Gasteiger partial charge >= 0.3 is 0 Å². The molecule has 0 aliphatic heterocycles. The van der Waals surface area contributed by atoms with Gasteiger partial charge in [-0.05, 0) is 36.1 Å². The summed E-state index contributed by atoms with van der Waals surface area (Å²) >= 11 is 0. The number of carbonyl (C=O) groups is 1. The molecule has 0 bridgehead atoms. The molecule has 25 heavy (non-hydrogen) atoms. The molecule has 0 saturated heterocycles. The first-order valence-corrected chi connectivity index (χ1v) is 8.35. The van der Waals surface area contributed by atoms with Crippen LogP contribution in [-0.2, 0) is 12.8 Å². The molecule has 3 aromatic rings. The molecule has 2 aromatic carbocycles. The number of hydrogen-bond donors (Lipinski definition) is 1. The van der Waals surface area contributed by atoms with Crippen molar-refractivity contribution in [3.8, 4) is 5.69 Å². The minimum atomic E-state index is -0.238. The number of para-hydroxylation sites is 1. The van der Waals surface area contributed by atoms with Gasteiger partial charge in [-0.1, -0.05) is 42.5 Å². The topological polar surface area (TPSA) is 58.1 Å². The molecule has 4 rings (SSSR count). The van der Waals surface area contributed by atoms with E-state index >= 15 is 0 Å². The third-order valence-electron chi connectivity index (χ3n) is 4.86. The van der Waals surface area contributed by atoms with Crippen LogP contribution in [0.3, 0.4) is 0 Å². The second-order valence-corrected chi connectivity index (χ2v) is 6.43. The molecule has 5 heteroatoms. The van der Waals surface area contributed by atoms with E-state index in [4.69, 9.17) is 0 Å². The fourth-order valence-corrected chi connectivity index (χ4v) is 3.44. The second-order valence-electron chi connectivity index (χ2n) is 6.43. The van der Waals surface area contributed by atoms with Crippen molar-refractivity contribution in [1.29, 1.82) is 0 Å². The smallest absolute Gasteiger partial charge is 0.271 e. The molecule has 0 radical (unpaired) electrons. The molecule has 0 spiro atoms. The van der Waals surface area contributed by atoms with E-state index in [0.717, 1.165) is 12.8 Å². The maximum atomic E-state index is 12.8. The largest absolute Gasteiger partial charge is 0.337 e. The van der Waals surface area contributed by atoms with Gasteiger partial charge in [0.2, 0.25) is 0 Å². The summed E-state index contributed by atoms with van der Waals surface area (Å²) in [5, 5.41) is 2.94. The number of nitrogens with zero attached hydrogens (tertiary/aromatic N) is 2. The Balaban J connectivity index is 1.57. The molecule has 1 amide bonds. The van der Waals surface area contributed by atoms with Gasteiger partial charge in [0.1, 0.15) is 5.69 Å². The predicted octanol–water partition coefficient (Wildman–Crippen LogP) is 2.41. The van der Waals surface area contributed by atoms with E-state index in [1.807, 2.05) is 42.5 Å². The summed E-state index contributed by atoms with van der Waals surface area (Å²) in [6, 6.07) is 19.0. The van der Waals surface area contributed by atoms with Crippen LogP contribution in [0.15, 0.2) is 65.5 Å². The van der Waals surface area contributed by atoms with Gasteiger partial charge in [-0.15, -0.1) is 0 Å². The Labute approximate surface area is 145 Å². The molecule has 1 aliphatic rings. The number of rotatable bonds is 3. The lowest BCUT2D eigenvalue weighted by molar-refractivity contribution is 0.0731. The van der Waals surface area contributed by atoms with Crippen LogP contribution in [-0.4, -0.2) is 33.7 Å². The summed E-state index contributed by atoms with van der Waals surface area (Å²) in [5.74, 6) is -0.162. The van der Waals surface area contributed by atoms with Crippen molar-refractivity contribution in [1.82, 2.24) is 14.7 Å². The predicted molar refractivity (Wildman–Crippen MR) is 96.1 cm³/mol. The minimum absolute atomic E-state index is 0.119. The molecule has 126 valence electrons. The monoisotopic (exact) mass is 333 g/mol. The highest BCUT2D eigenvalue weighted by Crippen LogP contribution is 2.25. The molecule has 0 unspecified atom stereocenters. The highest BCUT2D eigenvalue weighted by atomic mass is 16.2. The van der Waals surface area contributed by atoms with Gasteiger partial charge < -0.3 is 4.90 Å². The quantitative estimate of drug-likeness (QED) is 0.800. The molecule has 0 saturated carbocycles. The molecule has 0 atom stereocenters. The van der Waals surface area contributed by atoms with Crippen molar-refractivity contribution in [2.75, 3.05) is 7.05 Å². The summed E-state index contributed by atoms with van der Waals surface area (Å²) in [7, 11) is 1.80. The van der Waals surface area contributed by atoms with Crippen molar-refractivity contribution < 1.29 is 4.79 Å². The Kier molecular flexibility index (Phi) is 3.76. The van der Waals surface area contributed by atoms with Crippen LogP contribution < -0.4 is 5.56 Å². The minimum Gasteiger partial charge on any atom is -0.337 e. The van der Waals surface area contributed by atoms with Crippen molar-refractivity contribution in [3.05, 3.63) is 87.8 Å². The zero-order chi connectivity index (χ0) is 17.4. The van der Waals surface area contributed by atoms with E-state index < -0.39 is 0 Å². The molecular formula is C20H19N3O2. The van der Waals surface area contributed by atoms with Crippen LogP contribution in [0.5, 0.6) is 0 Å². The number of aromatic amines is 1. The summed E-state index contributed by atoms with van der Waals surface area (Å²) in [4.78, 5) is 26.8. The third-order valence-corrected chi connectivity index (χ3v) is 4.86. The zero-order valence-electron chi connectivity index (χ0n) is 14.0. The maximum Gasteiger partial charge on any atom is 0.271 e. The maximum absolute atomic E-state index is 12.8. The second kappa shape index (κ2) is 6.09. The van der Waals surface area contributed by atoms with E-state index in [-0.39, 0.29) is 17.5 Å². The Hall–Kier alpha value is -3.08. The molecule has 1 heterocycles. The van der Waals surface area contributed by atoms with Gasteiger partial charge in [-0.2, -0.15) is 0 Å². The first-order chi connectivity index (χ1) is 12.1. The average molecular weight is 333 g/mol. The average Bonchev–Trinajstić information content (AvgIpc) is 3.24. The van der Waals surface area contributed by atoms with E-state index in [1.54, 1.807) is 11.9 Å². The molecule has 1 N–H and O–H groups in total. The van der Waals surface area contributed by atoms with Crippen LogP contribution in [0.4, 0.5) is 0 Å². The number of hydrogen-bond acceptors (Lipinski definition) is 2. The van der Waals surface area contributed by atoms with E-state index in [0.29, 0.717) is 11.4 Å². The number of carbonyl (C=O) groups excluding carboxylic acids is 1. The standard InChI is InChI=1S/C20H19N3O2/c1-22(17-11-14-7-5-6-8-15(14)12-17)20(25)18-13-19(24)23(21-18)16-9-3-2-4-10-16/h2-10,13,17,21H,11-12H2,1H3. The Bertz CT molecular complexity index is 947. The van der Waals surface area contributed by atoms with Gasteiger partial charge in [-0.3, -0.25) is 14.7 Å². The zero-order valence-corrected chi connectivity index (χ0v) is 14.0. The van der Waals surface area contributed by atoms with Crippen LogP contribution in [0.25, 0.3) is 5.69 Å². The number of likely N-dealkylation sites (N-methyl/N-ethyl adjacent to an activating group) is 1. The molecule has 1 aliphatic carbocycles. The fourth-order valence-electron chi connectivity index (χ4n) is 3.44. The molecule has 5 nitrogen and oxygen atoms in total. The van der Waals surface area contributed by atoms with Crippen molar-refractivity contribution >= 4 is 5.91 Å². The Morgan fingerprint density at radius 1 is 1.04 bits per heavy atom. The number of amides is 1. The Morgan fingerprint density at radius 2 is 1.64 bits per heavy atom. The number of nitrogens with one attached hydrogen (secondary N) is 1. The summed E-state index contributed by atoms with van der Waals surface area (Å²) < 4.78 is 1.39. The lowest BCUT2D eigenvalue weighted by Gasteiger charge is -2.23. The van der Waals surface area contributed by atoms with Crippen LogP contribution in [0, 0.1) is 0 Å². The number of fused-ring (bicyclic) bond motifs is 1. The summed E-state index contributed by atoms with van der Waals surface area (Å²) in [5.41, 5.74) is 3.37. The molecule has 1 aromatic heterocycles. The van der Waals surface area contributed by atoms with Gasteiger partial charge in [-0.25, -0.2) is 4.68 Å². The van der Waals surface area contributed by atoms with Crippen LogP contribution in [0.2, 0.25) is 0 Å². The first kappa shape index (κ1) is 15.4. The van der Waals surface area contributed by atoms with Crippen LogP contribution in [0.1, 0.15) is 21.6 Å². The summed E-state index contributed by atoms with van der Waals surface area (Å²) in [6.45, 7) is 0. The first-order valence-electron chi connectivity index (χ1n) is 8.35. The van der Waals surface area contributed by atoms with E-state index in [1.165, 1.54) is 21.9 Å². The van der Waals surface area contributed by atoms with Gasteiger partial charge in [0.05, 0.1) is 5.69 Å². The summed E-state index contributed by atoms with van der Waals surface area (Å²) in [6.07, 6.45) is 1.70. The van der Waals surface area contributed by atoms with E-state index in [9.17, 15) is 9.59 Å². The molecular weight excluding hydrogens is 314 g/mol. The van der Waals surface area contributed by atoms with Crippen LogP contribution >= 0.6 is 0 Å². The highest BCUT2D eigenvalue weighted by Gasteiger charge is 2.28. The number of aromatic nitrogens is 2. The van der Waals surface area contributed by atoms with Gasteiger partial charge in [0.25, 0.3) is 11.5 Å². The third kappa shape index (κ3) is 2.78. The normalized spacial score (nSPS) is 13.6. The van der Waals surface area contributed by atoms with Crippen molar-refractivity contribution in [2.45, 2.75) is 18.9 Å². The van der Waals surface area contributed by atoms with Gasteiger partial charge in [0, 0.05) is 19.2 Å². The lowest BCUT2D eigenvalue weighted by Crippen LogP contribution is -2.37. The lowest BCUT2D eigenvalue weighted by atomic mass is 10.1. The van der Waals surface area contributed by atoms with E-state index in [2.05, 4.69) is 17.2 Å². The number of H-pyrrole nitrogens is 1. The SMILES string of the molecule is CN(C(=O)c1cc(=O)n(-c2ccccc2)[nH]1)C1Cc2ccccc2C1. The molecule has 0 fully saturated rings.